The highest BCUT2D eigenvalue weighted by atomic mass is 19.3. The molecular weight excluding hydrogens is 252 g/mol. The van der Waals surface area contributed by atoms with Crippen LogP contribution in [-0.4, -0.2) is 21.0 Å². The van der Waals surface area contributed by atoms with E-state index in [0.717, 1.165) is 0 Å². The van der Waals surface area contributed by atoms with Gasteiger partial charge in [0.15, 0.2) is 0 Å². The van der Waals surface area contributed by atoms with Gasteiger partial charge in [-0.2, -0.15) is 0 Å². The van der Waals surface area contributed by atoms with Gasteiger partial charge in [-0.05, 0) is 12.0 Å². The normalized spacial score (nSPS) is 13.1. The lowest BCUT2D eigenvalue weighted by molar-refractivity contribution is 0.108. The molecule has 0 N–H and O–H groups in total. The molecule has 2 aromatic rings. The topological polar surface area (TPSA) is 47.8 Å². The third-order valence-electron chi connectivity index (χ3n) is 3.19. The van der Waals surface area contributed by atoms with Crippen molar-refractivity contribution in [3.8, 4) is 0 Å². The molecule has 1 atom stereocenters. The molecule has 0 aromatic carbocycles. The first kappa shape index (κ1) is 13.6. The number of nitrogens with zero attached hydrogens (tertiary/aromatic N) is 3. The molecule has 2 aromatic heterocycles. The van der Waals surface area contributed by atoms with Crippen molar-refractivity contribution in [3.05, 3.63) is 35.1 Å². The number of pyridine rings is 1. The maximum Gasteiger partial charge on any atom is 0.261 e. The highest BCUT2D eigenvalue weighted by Crippen LogP contribution is 2.16. The quantitative estimate of drug-likeness (QED) is 0.836. The zero-order chi connectivity index (χ0) is 13.8. The molecule has 2 heterocycles. The molecule has 4 nitrogen and oxygen atoms in total. The fourth-order valence-electron chi connectivity index (χ4n) is 2.06. The summed E-state index contributed by atoms with van der Waals surface area (Å²) in [5, 5.41) is 0.414. The zero-order valence-electron chi connectivity index (χ0n) is 10.6. The molecular formula is C13H15F2N3O. The lowest BCUT2D eigenvalue weighted by Gasteiger charge is -2.16. The Labute approximate surface area is 109 Å². The molecule has 0 aliphatic rings. The standard InChI is InChI=1S/C13H15F2N3O/c1-2-9(5-12(14)15)7-18-4-3-11-10(13(18)19)6-16-8-17-11/h3-4,6,8-9,12H,2,5,7H2,1H3. The Morgan fingerprint density at radius 1 is 1.42 bits per heavy atom. The SMILES string of the molecule is CCC(CC(F)F)Cn1ccc2ncncc2c1=O. The van der Waals surface area contributed by atoms with Crippen LogP contribution in [0.4, 0.5) is 8.78 Å². The Kier molecular flexibility index (Phi) is 4.19. The molecule has 0 aliphatic carbocycles. The third kappa shape index (κ3) is 3.13. The van der Waals surface area contributed by atoms with E-state index in [-0.39, 0.29) is 17.9 Å². The van der Waals surface area contributed by atoms with Crippen LogP contribution in [0.3, 0.4) is 0 Å². The zero-order valence-corrected chi connectivity index (χ0v) is 10.6. The van der Waals surface area contributed by atoms with Crippen LogP contribution in [0, 0.1) is 5.92 Å². The molecule has 6 heteroatoms. The Bertz CT molecular complexity index is 612. The van der Waals surface area contributed by atoms with Gasteiger partial charge in [-0.25, -0.2) is 18.7 Å². The van der Waals surface area contributed by atoms with Crippen molar-refractivity contribution in [1.29, 1.82) is 0 Å². The van der Waals surface area contributed by atoms with E-state index < -0.39 is 6.43 Å². The van der Waals surface area contributed by atoms with E-state index in [1.54, 1.807) is 12.3 Å². The molecule has 0 fully saturated rings. The largest absolute Gasteiger partial charge is 0.315 e. The second-order valence-electron chi connectivity index (χ2n) is 4.50. The number of hydrogen-bond donors (Lipinski definition) is 0. The lowest BCUT2D eigenvalue weighted by Crippen LogP contribution is -2.24. The van der Waals surface area contributed by atoms with Gasteiger partial charge in [-0.1, -0.05) is 13.3 Å². The lowest BCUT2D eigenvalue weighted by atomic mass is 10.0. The Morgan fingerprint density at radius 2 is 2.21 bits per heavy atom. The van der Waals surface area contributed by atoms with Crippen molar-refractivity contribution in [1.82, 2.24) is 14.5 Å². The summed E-state index contributed by atoms with van der Waals surface area (Å²) in [5.74, 6) is -0.209. The Morgan fingerprint density at radius 3 is 2.89 bits per heavy atom. The number of aromatic nitrogens is 3. The summed E-state index contributed by atoms with van der Waals surface area (Å²) in [4.78, 5) is 20.0. The van der Waals surface area contributed by atoms with Gasteiger partial charge in [0.2, 0.25) is 6.43 Å². The molecule has 19 heavy (non-hydrogen) atoms. The smallest absolute Gasteiger partial charge is 0.261 e. The predicted octanol–water partition coefficient (Wildman–Crippen LogP) is 2.47. The van der Waals surface area contributed by atoms with Gasteiger partial charge in [0.05, 0.1) is 10.9 Å². The molecule has 0 bridgehead atoms. The monoisotopic (exact) mass is 267 g/mol. The van der Waals surface area contributed by atoms with Crippen LogP contribution in [0.5, 0.6) is 0 Å². The van der Waals surface area contributed by atoms with Crippen LogP contribution in [-0.2, 0) is 6.54 Å². The predicted molar refractivity (Wildman–Crippen MR) is 68.2 cm³/mol. The molecule has 102 valence electrons. The number of rotatable bonds is 5. The molecule has 2 rings (SSSR count). The highest BCUT2D eigenvalue weighted by molar-refractivity contribution is 5.75. The summed E-state index contributed by atoms with van der Waals surface area (Å²) in [5.41, 5.74) is 0.337. The molecule has 0 spiro atoms. The summed E-state index contributed by atoms with van der Waals surface area (Å²) in [6.45, 7) is 2.15. The summed E-state index contributed by atoms with van der Waals surface area (Å²) >= 11 is 0. The fraction of sp³-hybridized carbons (Fsp3) is 0.462. The van der Waals surface area contributed by atoms with E-state index in [1.165, 1.54) is 17.1 Å². The van der Waals surface area contributed by atoms with Crippen molar-refractivity contribution >= 4 is 10.9 Å². The van der Waals surface area contributed by atoms with Crippen LogP contribution >= 0.6 is 0 Å². The second kappa shape index (κ2) is 5.86. The first-order chi connectivity index (χ1) is 9.11. The van der Waals surface area contributed by atoms with Gasteiger partial charge in [-0.3, -0.25) is 4.79 Å². The Balaban J connectivity index is 2.30. The maximum atomic E-state index is 12.4. The molecule has 0 amide bonds. The van der Waals surface area contributed by atoms with Gasteiger partial charge in [-0.15, -0.1) is 0 Å². The van der Waals surface area contributed by atoms with Gasteiger partial charge in [0, 0.05) is 25.4 Å². The van der Waals surface area contributed by atoms with E-state index >= 15 is 0 Å². The van der Waals surface area contributed by atoms with Gasteiger partial charge >= 0.3 is 0 Å². The molecule has 0 saturated heterocycles. The number of hydrogen-bond acceptors (Lipinski definition) is 3. The minimum Gasteiger partial charge on any atom is -0.315 e. The first-order valence-corrected chi connectivity index (χ1v) is 6.19. The fourth-order valence-corrected chi connectivity index (χ4v) is 2.06. The average molecular weight is 267 g/mol. The maximum absolute atomic E-state index is 12.4. The van der Waals surface area contributed by atoms with Crippen LogP contribution in [0.15, 0.2) is 29.6 Å². The third-order valence-corrected chi connectivity index (χ3v) is 3.19. The van der Waals surface area contributed by atoms with E-state index in [9.17, 15) is 13.6 Å². The van der Waals surface area contributed by atoms with E-state index in [1.807, 2.05) is 6.92 Å². The molecule has 1 unspecified atom stereocenters. The highest BCUT2D eigenvalue weighted by Gasteiger charge is 2.15. The van der Waals surface area contributed by atoms with Gasteiger partial charge in [0.1, 0.15) is 6.33 Å². The van der Waals surface area contributed by atoms with Crippen molar-refractivity contribution in [2.24, 2.45) is 5.92 Å². The summed E-state index contributed by atoms with van der Waals surface area (Å²) in [7, 11) is 0. The second-order valence-corrected chi connectivity index (χ2v) is 4.50. The van der Waals surface area contributed by atoms with Crippen LogP contribution in [0.25, 0.3) is 10.9 Å². The van der Waals surface area contributed by atoms with E-state index in [2.05, 4.69) is 9.97 Å². The number of halogens is 2. The van der Waals surface area contributed by atoms with Crippen molar-refractivity contribution in [2.45, 2.75) is 32.7 Å². The van der Waals surface area contributed by atoms with Crippen molar-refractivity contribution in [2.75, 3.05) is 0 Å². The Hall–Kier alpha value is -1.85. The molecule has 0 aliphatic heterocycles. The van der Waals surface area contributed by atoms with E-state index in [4.69, 9.17) is 0 Å². The minimum atomic E-state index is -2.34. The van der Waals surface area contributed by atoms with Crippen LogP contribution in [0.2, 0.25) is 0 Å². The van der Waals surface area contributed by atoms with Crippen molar-refractivity contribution < 1.29 is 8.78 Å². The summed E-state index contributed by atoms with van der Waals surface area (Å²) < 4.78 is 26.3. The van der Waals surface area contributed by atoms with Gasteiger partial charge in [0.25, 0.3) is 5.56 Å². The molecule has 0 radical (unpaired) electrons. The first-order valence-electron chi connectivity index (χ1n) is 6.19. The van der Waals surface area contributed by atoms with Crippen LogP contribution in [0.1, 0.15) is 19.8 Å². The minimum absolute atomic E-state index is 0.188. The average Bonchev–Trinajstić information content (AvgIpc) is 2.40. The number of fused-ring (bicyclic) bond motifs is 1. The summed E-state index contributed by atoms with van der Waals surface area (Å²) in [6, 6.07) is 1.70. The van der Waals surface area contributed by atoms with Gasteiger partial charge < -0.3 is 4.57 Å². The van der Waals surface area contributed by atoms with Crippen molar-refractivity contribution in [3.63, 3.8) is 0 Å². The van der Waals surface area contributed by atoms with Crippen LogP contribution < -0.4 is 5.56 Å². The molecule has 0 saturated carbocycles. The van der Waals surface area contributed by atoms with E-state index in [0.29, 0.717) is 23.9 Å². The summed E-state index contributed by atoms with van der Waals surface area (Å²) in [6.07, 6.45) is 2.51. The number of alkyl halides is 2.